The first kappa shape index (κ1) is 35.9. The molecule has 0 N–H and O–H groups in total. The summed E-state index contributed by atoms with van der Waals surface area (Å²) < 4.78 is 9.08. The second-order valence-corrected chi connectivity index (χ2v) is 16.6. The molecule has 0 spiro atoms. The van der Waals surface area contributed by atoms with E-state index in [-0.39, 0.29) is 0 Å². The standard InChI is InChI=1S/C57H35N3OS/c1-4-16-36(17-5-1)42-34-47(53(37-18-6-2-7-19-37)48(35-42)40-30-31-52-49(33-40)44-25-11-13-29-51(44)62-52)39-22-14-23-41(32-39)56-58-55(38-20-8-3-9-21-38)59-57(60-56)46-27-15-26-45-43-24-10-12-28-50(43)61-54(45)46/h1-35H. The zero-order valence-corrected chi connectivity index (χ0v) is 34.2. The van der Waals surface area contributed by atoms with Gasteiger partial charge in [0.2, 0.25) is 0 Å². The summed E-state index contributed by atoms with van der Waals surface area (Å²) in [6, 6.07) is 74.9. The number of nitrogens with zero attached hydrogens (tertiary/aromatic N) is 3. The summed E-state index contributed by atoms with van der Waals surface area (Å²) in [5.41, 5.74) is 13.3. The van der Waals surface area contributed by atoms with Crippen LogP contribution in [0.15, 0.2) is 217 Å². The van der Waals surface area contributed by atoms with Gasteiger partial charge in [-0.25, -0.2) is 15.0 Å². The minimum absolute atomic E-state index is 0.554. The van der Waals surface area contributed by atoms with E-state index in [4.69, 9.17) is 19.4 Å². The fourth-order valence-corrected chi connectivity index (χ4v) is 9.88. The van der Waals surface area contributed by atoms with E-state index >= 15 is 0 Å². The van der Waals surface area contributed by atoms with Gasteiger partial charge < -0.3 is 4.42 Å². The highest BCUT2D eigenvalue weighted by atomic mass is 32.1. The van der Waals surface area contributed by atoms with Gasteiger partial charge in [-0.15, -0.1) is 11.3 Å². The molecule has 3 aromatic heterocycles. The Bertz CT molecular complexity index is 3630. The molecule has 5 heteroatoms. The smallest absolute Gasteiger partial charge is 0.167 e. The van der Waals surface area contributed by atoms with Gasteiger partial charge in [0.05, 0.1) is 5.56 Å². The van der Waals surface area contributed by atoms with Crippen LogP contribution in [0, 0.1) is 0 Å². The Labute approximate surface area is 362 Å². The first-order valence-corrected chi connectivity index (χ1v) is 21.6. The van der Waals surface area contributed by atoms with Gasteiger partial charge in [-0.2, -0.15) is 0 Å². The molecular formula is C57H35N3OS. The number of furan rings is 1. The number of rotatable bonds is 7. The minimum Gasteiger partial charge on any atom is -0.455 e. The number of para-hydroxylation sites is 2. The number of fused-ring (bicyclic) bond motifs is 6. The van der Waals surface area contributed by atoms with Gasteiger partial charge in [0.25, 0.3) is 0 Å². The molecule has 0 aliphatic heterocycles. The SMILES string of the molecule is c1ccc(-c2cc(-c3cccc(-c4nc(-c5ccccc5)nc(-c5cccc6c5oc5ccccc56)n4)c3)c(-c3ccccc3)c(-c3ccc4sc5ccccc5c4c3)c2)cc1. The van der Waals surface area contributed by atoms with Crippen molar-refractivity contribution in [3.05, 3.63) is 212 Å². The van der Waals surface area contributed by atoms with E-state index in [1.807, 2.05) is 72.0 Å². The van der Waals surface area contributed by atoms with Crippen molar-refractivity contribution < 1.29 is 4.42 Å². The zero-order valence-electron chi connectivity index (χ0n) is 33.4. The Morgan fingerprint density at radius 3 is 1.63 bits per heavy atom. The Morgan fingerprint density at radius 2 is 0.855 bits per heavy atom. The lowest BCUT2D eigenvalue weighted by Crippen LogP contribution is -2.00. The summed E-state index contributed by atoms with van der Waals surface area (Å²) in [5.74, 6) is 1.73. The summed E-state index contributed by atoms with van der Waals surface area (Å²) in [4.78, 5) is 15.5. The molecule has 62 heavy (non-hydrogen) atoms. The van der Waals surface area contributed by atoms with Crippen LogP contribution in [0.2, 0.25) is 0 Å². The van der Waals surface area contributed by atoms with Gasteiger partial charge in [-0.05, 0) is 93.0 Å². The van der Waals surface area contributed by atoms with Crippen molar-refractivity contribution in [2.45, 2.75) is 0 Å². The van der Waals surface area contributed by atoms with Crippen LogP contribution < -0.4 is 0 Å². The van der Waals surface area contributed by atoms with Crippen LogP contribution in [-0.2, 0) is 0 Å². The van der Waals surface area contributed by atoms with Gasteiger partial charge in [0, 0.05) is 42.1 Å². The Kier molecular flexibility index (Phi) is 8.65. The lowest BCUT2D eigenvalue weighted by atomic mass is 9.84. The van der Waals surface area contributed by atoms with E-state index < -0.39 is 0 Å². The molecule has 0 bridgehead atoms. The Hall–Kier alpha value is -7.99. The highest BCUT2D eigenvalue weighted by molar-refractivity contribution is 7.25. The third kappa shape index (κ3) is 6.26. The van der Waals surface area contributed by atoms with E-state index in [2.05, 4.69) is 152 Å². The molecule has 0 unspecified atom stereocenters. The van der Waals surface area contributed by atoms with Crippen molar-refractivity contribution in [2.24, 2.45) is 0 Å². The van der Waals surface area contributed by atoms with Crippen LogP contribution in [0.5, 0.6) is 0 Å². The van der Waals surface area contributed by atoms with Crippen LogP contribution >= 0.6 is 11.3 Å². The molecule has 0 radical (unpaired) electrons. The Balaban J connectivity index is 1.09. The molecule has 0 amide bonds. The molecule has 3 heterocycles. The summed E-state index contributed by atoms with van der Waals surface area (Å²) in [6.07, 6.45) is 0. The van der Waals surface area contributed by atoms with Gasteiger partial charge >= 0.3 is 0 Å². The monoisotopic (exact) mass is 809 g/mol. The molecule has 0 atom stereocenters. The fraction of sp³-hybridized carbons (Fsp3) is 0. The minimum atomic E-state index is 0.554. The van der Waals surface area contributed by atoms with E-state index in [1.165, 1.54) is 36.9 Å². The molecule has 290 valence electrons. The van der Waals surface area contributed by atoms with Crippen LogP contribution in [-0.4, -0.2) is 15.0 Å². The van der Waals surface area contributed by atoms with Gasteiger partial charge in [-0.3, -0.25) is 0 Å². The van der Waals surface area contributed by atoms with Crippen LogP contribution in [0.25, 0.3) is 121 Å². The molecule has 4 nitrogen and oxygen atoms in total. The number of aromatic nitrogens is 3. The Morgan fingerprint density at radius 1 is 0.306 bits per heavy atom. The van der Waals surface area contributed by atoms with Crippen molar-refractivity contribution in [2.75, 3.05) is 0 Å². The highest BCUT2D eigenvalue weighted by Gasteiger charge is 2.21. The summed E-state index contributed by atoms with van der Waals surface area (Å²) >= 11 is 1.84. The lowest BCUT2D eigenvalue weighted by molar-refractivity contribution is 0.669. The molecular weight excluding hydrogens is 775 g/mol. The van der Waals surface area contributed by atoms with Crippen LogP contribution in [0.3, 0.4) is 0 Å². The average Bonchev–Trinajstić information content (AvgIpc) is 3.93. The van der Waals surface area contributed by atoms with E-state index in [0.717, 1.165) is 66.4 Å². The predicted octanol–water partition coefficient (Wildman–Crippen LogP) is 15.8. The lowest BCUT2D eigenvalue weighted by Gasteiger charge is -2.20. The average molecular weight is 810 g/mol. The normalized spacial score (nSPS) is 11.5. The molecule has 9 aromatic carbocycles. The quantitative estimate of drug-likeness (QED) is 0.161. The molecule has 12 aromatic rings. The third-order valence-corrected chi connectivity index (χ3v) is 12.9. The maximum absolute atomic E-state index is 6.50. The highest BCUT2D eigenvalue weighted by Crippen LogP contribution is 2.46. The van der Waals surface area contributed by atoms with E-state index in [1.54, 1.807) is 0 Å². The van der Waals surface area contributed by atoms with Crippen molar-refractivity contribution in [3.8, 4) is 78.7 Å². The third-order valence-electron chi connectivity index (χ3n) is 11.7. The fourth-order valence-electron chi connectivity index (χ4n) is 8.80. The van der Waals surface area contributed by atoms with E-state index in [0.29, 0.717) is 17.5 Å². The topological polar surface area (TPSA) is 51.8 Å². The number of thiophene rings is 1. The number of hydrogen-bond donors (Lipinski definition) is 0. The van der Waals surface area contributed by atoms with E-state index in [9.17, 15) is 0 Å². The van der Waals surface area contributed by atoms with Gasteiger partial charge in [-0.1, -0.05) is 164 Å². The predicted molar refractivity (Wildman–Crippen MR) is 258 cm³/mol. The molecule has 0 aliphatic carbocycles. The first-order valence-electron chi connectivity index (χ1n) is 20.8. The van der Waals surface area contributed by atoms with Crippen LogP contribution in [0.4, 0.5) is 0 Å². The van der Waals surface area contributed by atoms with Crippen molar-refractivity contribution in [3.63, 3.8) is 0 Å². The van der Waals surface area contributed by atoms with Gasteiger partial charge in [0.1, 0.15) is 11.2 Å². The van der Waals surface area contributed by atoms with Crippen molar-refractivity contribution in [1.29, 1.82) is 0 Å². The maximum Gasteiger partial charge on any atom is 0.167 e. The second-order valence-electron chi connectivity index (χ2n) is 15.5. The zero-order chi connectivity index (χ0) is 41.0. The number of hydrogen-bond acceptors (Lipinski definition) is 5. The second kappa shape index (κ2) is 14.9. The molecule has 12 rings (SSSR count). The molecule has 0 saturated heterocycles. The molecule has 0 saturated carbocycles. The summed E-state index contributed by atoms with van der Waals surface area (Å²) in [6.45, 7) is 0. The molecule has 0 aliphatic rings. The van der Waals surface area contributed by atoms with Crippen molar-refractivity contribution in [1.82, 2.24) is 15.0 Å². The maximum atomic E-state index is 6.50. The first-order chi connectivity index (χ1) is 30.7. The summed E-state index contributed by atoms with van der Waals surface area (Å²) in [5, 5.41) is 4.64. The van der Waals surface area contributed by atoms with Crippen molar-refractivity contribution >= 4 is 53.4 Å². The summed E-state index contributed by atoms with van der Waals surface area (Å²) in [7, 11) is 0. The molecule has 0 fully saturated rings. The largest absolute Gasteiger partial charge is 0.455 e. The number of benzene rings is 9. The van der Waals surface area contributed by atoms with Gasteiger partial charge in [0.15, 0.2) is 17.5 Å². The van der Waals surface area contributed by atoms with Crippen LogP contribution in [0.1, 0.15) is 0 Å².